The van der Waals surface area contributed by atoms with Crippen molar-refractivity contribution in [1.29, 1.82) is 0 Å². The highest BCUT2D eigenvalue weighted by Crippen LogP contribution is 1.45. The lowest BCUT2D eigenvalue weighted by atomic mass is 10.7. The van der Waals surface area contributed by atoms with E-state index in [9.17, 15) is 4.79 Å². The van der Waals surface area contributed by atoms with Gasteiger partial charge in [-0.1, -0.05) is 0 Å². The first-order chi connectivity index (χ1) is 4.00. The monoisotopic (exact) mass is 134 g/mol. The van der Waals surface area contributed by atoms with E-state index in [2.05, 4.69) is 5.32 Å². The van der Waals surface area contributed by atoms with Gasteiger partial charge in [-0.2, -0.15) is 0 Å². The molecule has 0 spiro atoms. The van der Waals surface area contributed by atoms with Gasteiger partial charge in [0.15, 0.2) is 7.05 Å². The van der Waals surface area contributed by atoms with Crippen molar-refractivity contribution in [1.82, 2.24) is 5.32 Å². The Balaban J connectivity index is 0. The van der Waals surface area contributed by atoms with Crippen LogP contribution in [0, 0.1) is 10.1 Å². The highest BCUT2D eigenvalue weighted by molar-refractivity contribution is 5.72. The third-order valence-electron chi connectivity index (χ3n) is 0.352. The van der Waals surface area contributed by atoms with Crippen LogP contribution >= 0.6 is 0 Å². The summed E-state index contributed by atoms with van der Waals surface area (Å²) in [6, 6.07) is 0. The lowest BCUT2D eigenvalue weighted by molar-refractivity contribution is -0.445. The van der Waals surface area contributed by atoms with E-state index in [1.165, 1.54) is 6.92 Å². The molecule has 0 bridgehead atoms. The van der Waals surface area contributed by atoms with Crippen molar-refractivity contribution in [3.05, 3.63) is 10.1 Å². The van der Waals surface area contributed by atoms with Gasteiger partial charge in [0, 0.05) is 18.9 Å². The van der Waals surface area contributed by atoms with Crippen LogP contribution in [0.25, 0.3) is 0 Å². The molecule has 0 aromatic rings. The Hall–Kier alpha value is -1.13. The average Bonchev–Trinajstić information content (AvgIpc) is 1.65. The maximum absolute atomic E-state index is 9.70. The molecule has 0 rings (SSSR count). The molecule has 5 nitrogen and oxygen atoms in total. The highest BCUT2D eigenvalue weighted by atomic mass is 16.6. The van der Waals surface area contributed by atoms with Crippen LogP contribution in [0.15, 0.2) is 0 Å². The Labute approximate surface area is 53.2 Å². The SMILES string of the molecule is CNC(C)=O.C[N+](=O)[O-]. The number of hydrogen-bond donors (Lipinski definition) is 1. The quantitative estimate of drug-likeness (QED) is 0.363. The average molecular weight is 134 g/mol. The lowest BCUT2D eigenvalue weighted by Crippen LogP contribution is -2.11. The number of rotatable bonds is 0. The van der Waals surface area contributed by atoms with E-state index in [4.69, 9.17) is 10.1 Å². The predicted octanol–water partition coefficient (Wildman–Crippen LogP) is -0.355. The first-order valence-corrected chi connectivity index (χ1v) is 2.27. The van der Waals surface area contributed by atoms with E-state index in [0.717, 1.165) is 7.05 Å². The summed E-state index contributed by atoms with van der Waals surface area (Å²) in [4.78, 5) is 18.0. The van der Waals surface area contributed by atoms with E-state index in [1.807, 2.05) is 0 Å². The van der Waals surface area contributed by atoms with Gasteiger partial charge in [-0.25, -0.2) is 0 Å². The summed E-state index contributed by atoms with van der Waals surface area (Å²) < 4.78 is 0. The normalized spacial score (nSPS) is 6.56. The number of carbonyl (C=O) groups is 1. The number of carbonyl (C=O) groups excluding carboxylic acids is 1. The minimum absolute atomic E-state index is 0.00463. The Morgan fingerprint density at radius 1 is 1.67 bits per heavy atom. The number of nitrogens with zero attached hydrogens (tertiary/aromatic N) is 1. The van der Waals surface area contributed by atoms with Crippen molar-refractivity contribution in [3.63, 3.8) is 0 Å². The van der Waals surface area contributed by atoms with Crippen LogP contribution in [0.5, 0.6) is 0 Å². The molecule has 0 radical (unpaired) electrons. The molecule has 54 valence electrons. The van der Waals surface area contributed by atoms with Crippen molar-refractivity contribution in [2.24, 2.45) is 0 Å². The van der Waals surface area contributed by atoms with Gasteiger partial charge in [0.1, 0.15) is 0 Å². The van der Waals surface area contributed by atoms with Crippen molar-refractivity contribution in [3.8, 4) is 0 Å². The van der Waals surface area contributed by atoms with E-state index < -0.39 is 4.92 Å². The maximum atomic E-state index is 9.70. The van der Waals surface area contributed by atoms with Gasteiger partial charge in [-0.15, -0.1) is 0 Å². The zero-order valence-corrected chi connectivity index (χ0v) is 5.67. The summed E-state index contributed by atoms with van der Waals surface area (Å²) >= 11 is 0. The summed E-state index contributed by atoms with van der Waals surface area (Å²) in [7, 11) is 2.49. The molecule has 0 fully saturated rings. The van der Waals surface area contributed by atoms with Crippen molar-refractivity contribution in [2.75, 3.05) is 14.1 Å². The first kappa shape index (κ1) is 10.8. The van der Waals surface area contributed by atoms with E-state index in [-0.39, 0.29) is 5.91 Å². The summed E-state index contributed by atoms with van der Waals surface area (Å²) in [6.45, 7) is 1.47. The number of amides is 1. The number of hydrogen-bond acceptors (Lipinski definition) is 3. The van der Waals surface area contributed by atoms with Gasteiger partial charge < -0.3 is 5.32 Å². The van der Waals surface area contributed by atoms with Crippen molar-refractivity contribution < 1.29 is 9.72 Å². The highest BCUT2D eigenvalue weighted by Gasteiger charge is 1.72. The first-order valence-electron chi connectivity index (χ1n) is 2.27. The second kappa shape index (κ2) is 6.87. The van der Waals surface area contributed by atoms with E-state index in [0.29, 0.717) is 0 Å². The summed E-state index contributed by atoms with van der Waals surface area (Å²) in [5.41, 5.74) is 0. The van der Waals surface area contributed by atoms with E-state index in [1.54, 1.807) is 7.05 Å². The molecular formula is C4H10N2O3. The largest absolute Gasteiger partial charge is 0.359 e. The molecule has 1 amide bonds. The Bertz CT molecular complexity index is 98.0. The fourth-order valence-corrected chi connectivity index (χ4v) is 0. The molecule has 0 heterocycles. The fraction of sp³-hybridized carbons (Fsp3) is 0.750. The standard InChI is InChI=1S/C3H7NO.CH3NO2/c1-3(5)4-2;1-2(3)4/h1-2H3,(H,4,5);1H3. The van der Waals surface area contributed by atoms with Gasteiger partial charge in [-0.3, -0.25) is 14.9 Å². The smallest absolute Gasteiger partial charge is 0.216 e. The van der Waals surface area contributed by atoms with Crippen molar-refractivity contribution >= 4 is 5.91 Å². The molecule has 0 aromatic carbocycles. The zero-order valence-electron chi connectivity index (χ0n) is 5.67. The minimum Gasteiger partial charge on any atom is -0.359 e. The minimum atomic E-state index is -0.500. The van der Waals surface area contributed by atoms with Crippen LogP contribution < -0.4 is 5.32 Å². The molecule has 0 aliphatic carbocycles. The molecular weight excluding hydrogens is 124 g/mol. The van der Waals surface area contributed by atoms with Gasteiger partial charge in [-0.05, 0) is 0 Å². The third-order valence-corrected chi connectivity index (χ3v) is 0.352. The molecule has 0 atom stereocenters. The van der Waals surface area contributed by atoms with Gasteiger partial charge >= 0.3 is 0 Å². The lowest BCUT2D eigenvalue weighted by Gasteiger charge is -1.80. The number of nitrogens with one attached hydrogen (secondary N) is 1. The van der Waals surface area contributed by atoms with Crippen LogP contribution in [-0.2, 0) is 4.79 Å². The summed E-state index contributed by atoms with van der Waals surface area (Å²) in [6.07, 6.45) is 0. The van der Waals surface area contributed by atoms with Crippen LogP contribution in [0.2, 0.25) is 0 Å². The molecule has 0 aromatic heterocycles. The predicted molar refractivity (Wildman–Crippen MR) is 32.7 cm³/mol. The Morgan fingerprint density at radius 3 is 1.78 bits per heavy atom. The van der Waals surface area contributed by atoms with Gasteiger partial charge in [0.05, 0.1) is 0 Å². The zero-order chi connectivity index (χ0) is 7.86. The second-order valence-corrected chi connectivity index (χ2v) is 1.25. The second-order valence-electron chi connectivity index (χ2n) is 1.25. The van der Waals surface area contributed by atoms with Crippen LogP contribution in [0.3, 0.4) is 0 Å². The van der Waals surface area contributed by atoms with Crippen LogP contribution in [0.4, 0.5) is 0 Å². The van der Waals surface area contributed by atoms with Crippen LogP contribution in [-0.4, -0.2) is 24.9 Å². The Kier molecular flexibility index (Phi) is 8.23. The Morgan fingerprint density at radius 2 is 1.78 bits per heavy atom. The molecule has 0 aliphatic heterocycles. The molecule has 0 saturated heterocycles. The topological polar surface area (TPSA) is 72.2 Å². The molecule has 0 aliphatic rings. The third kappa shape index (κ3) is 215. The van der Waals surface area contributed by atoms with Gasteiger partial charge in [0.25, 0.3) is 0 Å². The fourth-order valence-electron chi connectivity index (χ4n) is 0. The molecule has 5 heteroatoms. The molecule has 9 heavy (non-hydrogen) atoms. The van der Waals surface area contributed by atoms with Gasteiger partial charge in [0.2, 0.25) is 5.91 Å². The molecule has 0 unspecified atom stereocenters. The summed E-state index contributed by atoms with van der Waals surface area (Å²) in [5.74, 6) is 0.00463. The number of nitro groups is 1. The molecule has 0 saturated carbocycles. The van der Waals surface area contributed by atoms with Crippen LogP contribution in [0.1, 0.15) is 6.92 Å². The molecule has 1 N–H and O–H groups in total. The van der Waals surface area contributed by atoms with Crippen molar-refractivity contribution in [2.45, 2.75) is 6.92 Å². The summed E-state index contributed by atoms with van der Waals surface area (Å²) in [5, 5.41) is 11.2. The maximum Gasteiger partial charge on any atom is 0.216 e. The van der Waals surface area contributed by atoms with E-state index >= 15 is 0 Å².